The normalized spacial score (nSPS) is 12.1. The van der Waals surface area contributed by atoms with Gasteiger partial charge in [0.05, 0.1) is 5.52 Å². The molecule has 2 N–H and O–H groups in total. The summed E-state index contributed by atoms with van der Waals surface area (Å²) in [6, 6.07) is 3.09. The molecule has 1 heterocycles. The van der Waals surface area contributed by atoms with Crippen LogP contribution in [-0.4, -0.2) is 4.98 Å². The summed E-state index contributed by atoms with van der Waals surface area (Å²) in [4.78, 5) is 3.36. The molecule has 0 bridgehead atoms. The number of halogens is 4. The summed E-state index contributed by atoms with van der Waals surface area (Å²) in [5, 5.41) is 0.317. The third-order valence-corrected chi connectivity index (χ3v) is 2.41. The van der Waals surface area contributed by atoms with Crippen molar-refractivity contribution in [3.63, 3.8) is 0 Å². The number of nitrogens with two attached hydrogens (primary N) is 1. The molecule has 0 aliphatic heterocycles. The number of alkyl halides is 3. The first kappa shape index (κ1) is 11.6. The summed E-state index contributed by atoms with van der Waals surface area (Å²) in [5.74, 6) is -0.608. The second-order valence-electron chi connectivity index (χ2n) is 3.71. The van der Waals surface area contributed by atoms with Gasteiger partial charge in [0.25, 0.3) is 0 Å². The predicted molar refractivity (Wildman–Crippen MR) is 55.9 cm³/mol. The smallest absolute Gasteiger partial charge is 0.398 e. The van der Waals surface area contributed by atoms with E-state index in [2.05, 4.69) is 4.98 Å². The summed E-state index contributed by atoms with van der Waals surface area (Å²) in [7, 11) is 0. The van der Waals surface area contributed by atoms with Crippen molar-refractivity contribution >= 4 is 16.6 Å². The number of rotatable bonds is 0. The molecule has 2 nitrogen and oxygen atoms in total. The van der Waals surface area contributed by atoms with E-state index in [0.717, 1.165) is 12.1 Å². The molecular weight excluding hydrogens is 236 g/mol. The Hall–Kier alpha value is -1.85. The number of nitrogen functional groups attached to an aromatic ring is 1. The van der Waals surface area contributed by atoms with E-state index in [0.29, 0.717) is 10.9 Å². The van der Waals surface area contributed by atoms with Crippen molar-refractivity contribution < 1.29 is 17.6 Å². The van der Waals surface area contributed by atoms with Crippen LogP contribution in [0.3, 0.4) is 0 Å². The van der Waals surface area contributed by atoms with Crippen LogP contribution in [0.5, 0.6) is 0 Å². The number of nitrogens with zero attached hydrogens (tertiary/aromatic N) is 1. The first-order chi connectivity index (χ1) is 7.79. The van der Waals surface area contributed by atoms with Gasteiger partial charge in [-0.2, -0.15) is 13.2 Å². The van der Waals surface area contributed by atoms with Crippen LogP contribution in [0.15, 0.2) is 18.2 Å². The molecule has 2 aromatic rings. The first-order valence-electron chi connectivity index (χ1n) is 4.72. The molecule has 90 valence electrons. The second-order valence-corrected chi connectivity index (χ2v) is 3.71. The Morgan fingerprint density at radius 2 is 1.82 bits per heavy atom. The van der Waals surface area contributed by atoms with Crippen LogP contribution >= 0.6 is 0 Å². The van der Waals surface area contributed by atoms with Crippen molar-refractivity contribution in [3.05, 3.63) is 35.3 Å². The van der Waals surface area contributed by atoms with Crippen LogP contribution < -0.4 is 5.73 Å². The number of benzene rings is 1. The summed E-state index contributed by atoms with van der Waals surface area (Å²) < 4.78 is 50.6. The number of anilines is 1. The van der Waals surface area contributed by atoms with Gasteiger partial charge in [0.2, 0.25) is 0 Å². The highest BCUT2D eigenvalue weighted by Crippen LogP contribution is 2.32. The van der Waals surface area contributed by atoms with E-state index in [4.69, 9.17) is 5.73 Å². The van der Waals surface area contributed by atoms with Crippen molar-refractivity contribution in [1.29, 1.82) is 0 Å². The summed E-state index contributed by atoms with van der Waals surface area (Å²) in [6.45, 7) is 1.51. The Balaban J connectivity index is 2.78. The minimum Gasteiger partial charge on any atom is -0.398 e. The topological polar surface area (TPSA) is 38.9 Å². The fraction of sp³-hybridized carbons (Fsp3) is 0.182. The highest BCUT2D eigenvalue weighted by molar-refractivity contribution is 5.90. The third kappa shape index (κ3) is 2.02. The van der Waals surface area contributed by atoms with Gasteiger partial charge in [0.15, 0.2) is 0 Å². The lowest BCUT2D eigenvalue weighted by molar-refractivity contribution is -0.140. The Morgan fingerprint density at radius 3 is 2.41 bits per heavy atom. The molecule has 0 aliphatic rings. The maximum atomic E-state index is 13.2. The van der Waals surface area contributed by atoms with Gasteiger partial charge in [-0.1, -0.05) is 0 Å². The molecule has 6 heteroatoms. The lowest BCUT2D eigenvalue weighted by Gasteiger charge is -2.10. The molecule has 0 radical (unpaired) electrons. The second kappa shape index (κ2) is 3.58. The zero-order valence-corrected chi connectivity index (χ0v) is 8.77. The van der Waals surface area contributed by atoms with Gasteiger partial charge in [-0.05, 0) is 24.6 Å². The van der Waals surface area contributed by atoms with E-state index in [1.54, 1.807) is 0 Å². The molecule has 0 saturated heterocycles. The number of aryl methyl sites for hydroxylation is 1. The van der Waals surface area contributed by atoms with Gasteiger partial charge in [-0.15, -0.1) is 0 Å². The SMILES string of the molecule is Cc1cc2c(N)cc(C(F)(F)F)nc2cc1F. The Kier molecular flexibility index (Phi) is 2.45. The fourth-order valence-electron chi connectivity index (χ4n) is 1.53. The molecule has 0 unspecified atom stereocenters. The van der Waals surface area contributed by atoms with Gasteiger partial charge in [0, 0.05) is 17.1 Å². The molecule has 0 atom stereocenters. The van der Waals surface area contributed by atoms with Gasteiger partial charge in [-0.3, -0.25) is 0 Å². The van der Waals surface area contributed by atoms with Crippen LogP contribution in [0, 0.1) is 12.7 Å². The Labute approximate surface area is 94.1 Å². The van der Waals surface area contributed by atoms with E-state index >= 15 is 0 Å². The molecule has 17 heavy (non-hydrogen) atoms. The molecule has 2 rings (SSSR count). The minimum atomic E-state index is -4.59. The number of hydrogen-bond acceptors (Lipinski definition) is 2. The molecule has 0 spiro atoms. The van der Waals surface area contributed by atoms with E-state index in [9.17, 15) is 17.6 Å². The summed E-state index contributed by atoms with van der Waals surface area (Å²) in [6.07, 6.45) is -4.59. The van der Waals surface area contributed by atoms with Crippen molar-refractivity contribution in [2.75, 3.05) is 5.73 Å². The average molecular weight is 244 g/mol. The third-order valence-electron chi connectivity index (χ3n) is 2.41. The van der Waals surface area contributed by atoms with Crippen molar-refractivity contribution in [3.8, 4) is 0 Å². The predicted octanol–water partition coefficient (Wildman–Crippen LogP) is 3.28. The lowest BCUT2D eigenvalue weighted by Crippen LogP contribution is -2.09. The van der Waals surface area contributed by atoms with Gasteiger partial charge in [0.1, 0.15) is 11.5 Å². The van der Waals surface area contributed by atoms with Crippen molar-refractivity contribution in [1.82, 2.24) is 4.98 Å². The van der Waals surface area contributed by atoms with Crippen LogP contribution in [0.25, 0.3) is 10.9 Å². The average Bonchev–Trinajstić information content (AvgIpc) is 2.19. The first-order valence-corrected chi connectivity index (χ1v) is 4.72. The van der Waals surface area contributed by atoms with Crippen LogP contribution in [0.1, 0.15) is 11.3 Å². The lowest BCUT2D eigenvalue weighted by atomic mass is 10.1. The maximum Gasteiger partial charge on any atom is 0.433 e. The van der Waals surface area contributed by atoms with E-state index < -0.39 is 17.7 Å². The largest absolute Gasteiger partial charge is 0.433 e. The van der Waals surface area contributed by atoms with Crippen LogP contribution in [0.4, 0.5) is 23.2 Å². The highest BCUT2D eigenvalue weighted by Gasteiger charge is 2.33. The minimum absolute atomic E-state index is 0.0644. The number of fused-ring (bicyclic) bond motifs is 1. The van der Waals surface area contributed by atoms with E-state index in [-0.39, 0.29) is 11.2 Å². The molecule has 1 aromatic carbocycles. The number of aromatic nitrogens is 1. The number of pyridine rings is 1. The van der Waals surface area contributed by atoms with E-state index in [1.165, 1.54) is 13.0 Å². The standard InChI is InChI=1S/C11H8F4N2/c1-5-2-6-8(16)4-10(11(13,14)15)17-9(6)3-7(5)12/h2-4H,1H3,(H2,16,17). The fourth-order valence-corrected chi connectivity index (χ4v) is 1.53. The summed E-state index contributed by atoms with van der Waals surface area (Å²) >= 11 is 0. The maximum absolute atomic E-state index is 13.2. The Bertz CT molecular complexity index is 590. The zero-order chi connectivity index (χ0) is 12.8. The van der Waals surface area contributed by atoms with Gasteiger partial charge < -0.3 is 5.73 Å². The van der Waals surface area contributed by atoms with Gasteiger partial charge in [-0.25, -0.2) is 9.37 Å². The molecular formula is C11H8F4N2. The Morgan fingerprint density at radius 1 is 1.18 bits per heavy atom. The highest BCUT2D eigenvalue weighted by atomic mass is 19.4. The van der Waals surface area contributed by atoms with Crippen LogP contribution in [0.2, 0.25) is 0 Å². The summed E-state index contributed by atoms with van der Waals surface area (Å²) in [5.41, 5.74) is 4.54. The molecule has 0 saturated carbocycles. The quantitative estimate of drug-likeness (QED) is 0.722. The van der Waals surface area contributed by atoms with Crippen molar-refractivity contribution in [2.45, 2.75) is 13.1 Å². The molecule has 0 fully saturated rings. The van der Waals surface area contributed by atoms with Crippen LogP contribution in [-0.2, 0) is 6.18 Å². The molecule has 1 aromatic heterocycles. The molecule has 0 amide bonds. The van der Waals surface area contributed by atoms with Crippen molar-refractivity contribution in [2.24, 2.45) is 0 Å². The number of hydrogen-bond donors (Lipinski definition) is 1. The molecule has 0 aliphatic carbocycles. The van der Waals surface area contributed by atoms with Gasteiger partial charge >= 0.3 is 6.18 Å². The van der Waals surface area contributed by atoms with E-state index in [1.807, 2.05) is 0 Å². The monoisotopic (exact) mass is 244 g/mol. The zero-order valence-electron chi connectivity index (χ0n) is 8.77.